The zero-order valence-electron chi connectivity index (χ0n) is 11.1. The third-order valence-electron chi connectivity index (χ3n) is 2.65. The Morgan fingerprint density at radius 3 is 2.86 bits per heavy atom. The molecule has 0 unspecified atom stereocenters. The molecule has 0 heterocycles. The van der Waals surface area contributed by atoms with Gasteiger partial charge in [0.25, 0.3) is 5.91 Å². The Balaban J connectivity index is 2.14. The quantitative estimate of drug-likeness (QED) is 0.845. The lowest BCUT2D eigenvalue weighted by Gasteiger charge is -2.09. The number of benzene rings is 2. The van der Waals surface area contributed by atoms with Crippen molar-refractivity contribution in [2.45, 2.75) is 0 Å². The summed E-state index contributed by atoms with van der Waals surface area (Å²) in [6.45, 7) is 0.864. The zero-order chi connectivity index (χ0) is 15.2. The van der Waals surface area contributed by atoms with Crippen LogP contribution >= 0.6 is 27.5 Å². The highest BCUT2D eigenvalue weighted by atomic mass is 79.9. The Morgan fingerprint density at radius 2 is 2.10 bits per heavy atom. The van der Waals surface area contributed by atoms with Gasteiger partial charge in [0.2, 0.25) is 0 Å². The fraction of sp³-hybridized carbons (Fsp3) is 0.133. The minimum atomic E-state index is -0.250. The number of rotatable bonds is 5. The van der Waals surface area contributed by atoms with E-state index >= 15 is 0 Å². The van der Waals surface area contributed by atoms with Crippen LogP contribution < -0.4 is 15.8 Å². The van der Waals surface area contributed by atoms with E-state index in [2.05, 4.69) is 21.2 Å². The molecule has 0 aliphatic heterocycles. The van der Waals surface area contributed by atoms with Gasteiger partial charge in [-0.25, -0.2) is 0 Å². The van der Waals surface area contributed by atoms with Crippen molar-refractivity contribution >= 4 is 39.1 Å². The van der Waals surface area contributed by atoms with Crippen LogP contribution in [0.3, 0.4) is 0 Å². The number of nitrogens with two attached hydrogens (primary N) is 1. The Bertz CT molecular complexity index is 649. The molecule has 21 heavy (non-hydrogen) atoms. The molecule has 0 bridgehead atoms. The second-order valence-corrected chi connectivity index (χ2v) is 5.53. The maximum Gasteiger partial charge on any atom is 0.256 e. The fourth-order valence-corrected chi connectivity index (χ4v) is 2.31. The van der Waals surface area contributed by atoms with Crippen LogP contribution in [0.1, 0.15) is 10.4 Å². The molecular formula is C15H14BrClN2O2. The van der Waals surface area contributed by atoms with Gasteiger partial charge in [0.05, 0.1) is 5.56 Å². The summed E-state index contributed by atoms with van der Waals surface area (Å²) in [4.78, 5) is 12.3. The van der Waals surface area contributed by atoms with Crippen molar-refractivity contribution in [3.05, 3.63) is 57.5 Å². The summed E-state index contributed by atoms with van der Waals surface area (Å²) in [7, 11) is 0. The summed E-state index contributed by atoms with van der Waals surface area (Å²) in [5.74, 6) is 0.406. The second kappa shape index (κ2) is 7.45. The molecule has 4 nitrogen and oxygen atoms in total. The van der Waals surface area contributed by atoms with Crippen LogP contribution in [0.2, 0.25) is 5.02 Å². The van der Waals surface area contributed by atoms with Crippen LogP contribution in [0.4, 0.5) is 5.69 Å². The molecule has 0 saturated heterocycles. The van der Waals surface area contributed by atoms with E-state index in [0.29, 0.717) is 39.6 Å². The van der Waals surface area contributed by atoms with E-state index in [1.54, 1.807) is 42.5 Å². The molecular weight excluding hydrogens is 356 g/mol. The smallest absolute Gasteiger partial charge is 0.256 e. The Labute approximate surface area is 136 Å². The molecule has 3 N–H and O–H groups in total. The Hall–Kier alpha value is -1.56. The number of ether oxygens (including phenoxy) is 1. The van der Waals surface area contributed by atoms with Gasteiger partial charge < -0.3 is 15.8 Å². The normalized spacial score (nSPS) is 10.2. The number of carbonyl (C=O) groups is 1. The third-order valence-corrected chi connectivity index (χ3v) is 3.58. The van der Waals surface area contributed by atoms with Crippen molar-refractivity contribution in [3.8, 4) is 5.75 Å². The molecule has 110 valence electrons. The van der Waals surface area contributed by atoms with Crippen LogP contribution in [0, 0.1) is 0 Å². The highest BCUT2D eigenvalue weighted by molar-refractivity contribution is 9.10. The van der Waals surface area contributed by atoms with Crippen molar-refractivity contribution in [3.63, 3.8) is 0 Å². The molecule has 0 aliphatic carbocycles. The lowest BCUT2D eigenvalue weighted by molar-refractivity contribution is 0.102. The standard InChI is InChI=1S/C15H14BrClN2O2/c16-14-5-4-10(17)8-13(14)15(20)19-11-2-1-3-12(9-11)21-7-6-18/h1-5,8-9H,6-7,18H2,(H,19,20). The number of nitrogens with one attached hydrogen (secondary N) is 1. The molecule has 0 fully saturated rings. The van der Waals surface area contributed by atoms with Crippen LogP contribution in [-0.4, -0.2) is 19.1 Å². The summed E-state index contributed by atoms with van der Waals surface area (Å²) in [6, 6.07) is 12.2. The number of amides is 1. The average molecular weight is 370 g/mol. The van der Waals surface area contributed by atoms with Crippen molar-refractivity contribution < 1.29 is 9.53 Å². The average Bonchev–Trinajstić information content (AvgIpc) is 2.48. The van der Waals surface area contributed by atoms with Gasteiger partial charge in [0, 0.05) is 27.8 Å². The first-order valence-electron chi connectivity index (χ1n) is 6.29. The molecule has 0 aliphatic rings. The number of carbonyl (C=O) groups excluding carboxylic acids is 1. The lowest BCUT2D eigenvalue weighted by atomic mass is 10.2. The summed E-state index contributed by atoms with van der Waals surface area (Å²) in [5.41, 5.74) is 6.50. The molecule has 6 heteroatoms. The van der Waals surface area contributed by atoms with E-state index in [0.717, 1.165) is 0 Å². The van der Waals surface area contributed by atoms with Gasteiger partial charge in [-0.15, -0.1) is 0 Å². The maximum absolute atomic E-state index is 12.3. The monoisotopic (exact) mass is 368 g/mol. The zero-order valence-corrected chi connectivity index (χ0v) is 13.4. The van der Waals surface area contributed by atoms with Crippen molar-refractivity contribution in [2.24, 2.45) is 5.73 Å². The fourth-order valence-electron chi connectivity index (χ4n) is 1.71. The Morgan fingerprint density at radius 1 is 1.29 bits per heavy atom. The number of hydrogen-bond donors (Lipinski definition) is 2. The molecule has 0 aromatic heterocycles. The summed E-state index contributed by atoms with van der Waals surface area (Å²) in [6.07, 6.45) is 0. The number of halogens is 2. The van der Waals surface area contributed by atoms with E-state index in [4.69, 9.17) is 22.1 Å². The predicted molar refractivity (Wildman–Crippen MR) is 88.1 cm³/mol. The molecule has 0 atom stereocenters. The number of anilines is 1. The van der Waals surface area contributed by atoms with Gasteiger partial charge in [0.15, 0.2) is 0 Å². The molecule has 0 radical (unpaired) electrons. The molecule has 2 aromatic rings. The third kappa shape index (κ3) is 4.46. The predicted octanol–water partition coefficient (Wildman–Crippen LogP) is 3.69. The van der Waals surface area contributed by atoms with Crippen LogP contribution in [0.5, 0.6) is 5.75 Å². The van der Waals surface area contributed by atoms with E-state index < -0.39 is 0 Å². The van der Waals surface area contributed by atoms with Gasteiger partial charge in [-0.1, -0.05) is 17.7 Å². The van der Waals surface area contributed by atoms with Crippen LogP contribution in [-0.2, 0) is 0 Å². The van der Waals surface area contributed by atoms with Crippen LogP contribution in [0.25, 0.3) is 0 Å². The van der Waals surface area contributed by atoms with E-state index in [9.17, 15) is 4.79 Å². The van der Waals surface area contributed by atoms with Gasteiger partial charge in [-0.3, -0.25) is 4.79 Å². The topological polar surface area (TPSA) is 64.3 Å². The molecule has 1 amide bonds. The SMILES string of the molecule is NCCOc1cccc(NC(=O)c2cc(Cl)ccc2Br)c1. The van der Waals surface area contributed by atoms with E-state index in [1.165, 1.54) is 0 Å². The van der Waals surface area contributed by atoms with Gasteiger partial charge in [-0.2, -0.15) is 0 Å². The van der Waals surface area contributed by atoms with Crippen molar-refractivity contribution in [1.29, 1.82) is 0 Å². The molecule has 2 aromatic carbocycles. The highest BCUT2D eigenvalue weighted by Crippen LogP contribution is 2.23. The maximum atomic E-state index is 12.3. The van der Waals surface area contributed by atoms with Crippen LogP contribution in [0.15, 0.2) is 46.9 Å². The molecule has 2 rings (SSSR count). The minimum absolute atomic E-state index is 0.250. The first kappa shape index (κ1) is 15.8. The van der Waals surface area contributed by atoms with Gasteiger partial charge in [0.1, 0.15) is 12.4 Å². The first-order chi connectivity index (χ1) is 10.1. The first-order valence-corrected chi connectivity index (χ1v) is 7.46. The summed E-state index contributed by atoms with van der Waals surface area (Å²) >= 11 is 9.25. The highest BCUT2D eigenvalue weighted by Gasteiger charge is 2.11. The lowest BCUT2D eigenvalue weighted by Crippen LogP contribution is -2.13. The van der Waals surface area contributed by atoms with E-state index in [-0.39, 0.29) is 5.91 Å². The second-order valence-electron chi connectivity index (χ2n) is 4.24. The summed E-state index contributed by atoms with van der Waals surface area (Å²) in [5, 5.41) is 3.31. The van der Waals surface area contributed by atoms with Crippen molar-refractivity contribution in [1.82, 2.24) is 0 Å². The molecule has 0 saturated carbocycles. The van der Waals surface area contributed by atoms with Crippen molar-refractivity contribution in [2.75, 3.05) is 18.5 Å². The summed E-state index contributed by atoms with van der Waals surface area (Å²) < 4.78 is 6.10. The van der Waals surface area contributed by atoms with Gasteiger partial charge in [-0.05, 0) is 46.3 Å². The van der Waals surface area contributed by atoms with E-state index in [1.807, 2.05) is 0 Å². The minimum Gasteiger partial charge on any atom is -0.492 e. The molecule has 0 spiro atoms. The van der Waals surface area contributed by atoms with Gasteiger partial charge >= 0.3 is 0 Å². The Kier molecular flexibility index (Phi) is 5.61. The number of hydrogen-bond acceptors (Lipinski definition) is 3. The largest absolute Gasteiger partial charge is 0.492 e.